The van der Waals surface area contributed by atoms with Gasteiger partial charge >= 0.3 is 0 Å². The van der Waals surface area contributed by atoms with Crippen LogP contribution in [0.25, 0.3) is 0 Å². The highest BCUT2D eigenvalue weighted by molar-refractivity contribution is 5.90. The van der Waals surface area contributed by atoms with Gasteiger partial charge in [-0.1, -0.05) is 24.6 Å². The van der Waals surface area contributed by atoms with Gasteiger partial charge in [-0.05, 0) is 57.8 Å². The fraction of sp³-hybridized carbons (Fsp3) is 0.611. The predicted octanol–water partition coefficient (Wildman–Crippen LogP) is 3.95. The molecule has 1 saturated heterocycles. The standard InChI is InChI=1S/C18H26O3/c1-11(2)9-14(19)10-13(4)15-8-7-12(3)16-17(15)21-18(5,6)20-16/h7-9,13,16-17H,10H2,1-6H3/t13?,16-,17+/m0/s1. The van der Waals surface area contributed by atoms with Gasteiger partial charge in [0, 0.05) is 6.42 Å². The number of fused-ring (bicyclic) bond motifs is 1. The minimum absolute atomic E-state index is 0.0268. The Morgan fingerprint density at radius 3 is 2.52 bits per heavy atom. The van der Waals surface area contributed by atoms with E-state index in [1.807, 2.05) is 27.7 Å². The van der Waals surface area contributed by atoms with Crippen molar-refractivity contribution in [2.75, 3.05) is 0 Å². The molecule has 1 unspecified atom stereocenters. The van der Waals surface area contributed by atoms with Gasteiger partial charge < -0.3 is 9.47 Å². The molecule has 3 heteroatoms. The van der Waals surface area contributed by atoms with Crippen LogP contribution in [0.2, 0.25) is 0 Å². The molecule has 0 aromatic rings. The number of rotatable bonds is 4. The summed E-state index contributed by atoms with van der Waals surface area (Å²) in [5, 5.41) is 0. The number of allylic oxidation sites excluding steroid dienone is 4. The Kier molecular flexibility index (Phi) is 4.54. The zero-order valence-corrected chi connectivity index (χ0v) is 13.9. The molecule has 1 heterocycles. The Morgan fingerprint density at radius 1 is 1.29 bits per heavy atom. The van der Waals surface area contributed by atoms with Crippen molar-refractivity contribution < 1.29 is 14.3 Å². The minimum Gasteiger partial charge on any atom is -0.340 e. The zero-order valence-electron chi connectivity index (χ0n) is 13.9. The third-order valence-corrected chi connectivity index (χ3v) is 3.94. The molecule has 0 saturated carbocycles. The average Bonchev–Trinajstić information content (AvgIpc) is 2.64. The number of ketones is 1. The lowest BCUT2D eigenvalue weighted by atomic mass is 9.84. The lowest BCUT2D eigenvalue weighted by molar-refractivity contribution is -0.140. The predicted molar refractivity (Wildman–Crippen MR) is 83.9 cm³/mol. The van der Waals surface area contributed by atoms with E-state index >= 15 is 0 Å². The normalized spacial score (nSPS) is 28.3. The largest absolute Gasteiger partial charge is 0.340 e. The van der Waals surface area contributed by atoms with Crippen molar-refractivity contribution in [3.63, 3.8) is 0 Å². The monoisotopic (exact) mass is 290 g/mol. The molecule has 0 N–H and O–H groups in total. The Labute approximate surface area is 127 Å². The van der Waals surface area contributed by atoms with Gasteiger partial charge in [0.2, 0.25) is 0 Å². The molecule has 0 spiro atoms. The highest BCUT2D eigenvalue weighted by atomic mass is 16.8. The summed E-state index contributed by atoms with van der Waals surface area (Å²) in [6.07, 6.45) is 6.32. The minimum atomic E-state index is -0.572. The van der Waals surface area contributed by atoms with E-state index in [2.05, 4.69) is 26.0 Å². The third kappa shape index (κ3) is 3.72. The molecular formula is C18H26O3. The van der Waals surface area contributed by atoms with Crippen molar-refractivity contribution in [2.45, 2.75) is 66.0 Å². The van der Waals surface area contributed by atoms with Crippen LogP contribution in [0, 0.1) is 5.92 Å². The highest BCUT2D eigenvalue weighted by Crippen LogP contribution is 2.40. The molecule has 21 heavy (non-hydrogen) atoms. The summed E-state index contributed by atoms with van der Waals surface area (Å²) >= 11 is 0. The maximum Gasteiger partial charge on any atom is 0.164 e. The Bertz CT molecular complexity index is 519. The van der Waals surface area contributed by atoms with E-state index in [0.29, 0.717) is 6.42 Å². The molecule has 1 aliphatic heterocycles. The number of hydrogen-bond donors (Lipinski definition) is 0. The molecule has 3 nitrogen and oxygen atoms in total. The van der Waals surface area contributed by atoms with Crippen molar-refractivity contribution in [1.29, 1.82) is 0 Å². The van der Waals surface area contributed by atoms with Gasteiger partial charge in [-0.3, -0.25) is 4.79 Å². The van der Waals surface area contributed by atoms with Crippen molar-refractivity contribution >= 4 is 5.78 Å². The zero-order chi connectivity index (χ0) is 15.8. The fourth-order valence-corrected chi connectivity index (χ4v) is 3.00. The molecule has 1 aliphatic carbocycles. The van der Waals surface area contributed by atoms with E-state index in [4.69, 9.17) is 9.47 Å². The maximum atomic E-state index is 12.0. The van der Waals surface area contributed by atoms with Gasteiger partial charge in [-0.25, -0.2) is 0 Å². The molecule has 0 aromatic heterocycles. The van der Waals surface area contributed by atoms with E-state index in [0.717, 1.165) is 11.1 Å². The van der Waals surface area contributed by atoms with Gasteiger partial charge in [0.1, 0.15) is 12.2 Å². The highest BCUT2D eigenvalue weighted by Gasteiger charge is 2.45. The van der Waals surface area contributed by atoms with Crippen LogP contribution in [0.3, 0.4) is 0 Å². The molecule has 0 bridgehead atoms. The summed E-state index contributed by atoms with van der Waals surface area (Å²) in [5.41, 5.74) is 3.38. The molecule has 0 radical (unpaired) electrons. The molecule has 0 aromatic carbocycles. The SMILES string of the molecule is CC(C)=CC(=O)CC(C)C1=CC=C(C)[C@@H]2OC(C)(C)O[C@H]12. The average molecular weight is 290 g/mol. The van der Waals surface area contributed by atoms with Crippen molar-refractivity contribution in [3.8, 4) is 0 Å². The van der Waals surface area contributed by atoms with Crippen LogP contribution < -0.4 is 0 Å². The maximum absolute atomic E-state index is 12.0. The van der Waals surface area contributed by atoms with Gasteiger partial charge in [-0.2, -0.15) is 0 Å². The first-order valence-electron chi connectivity index (χ1n) is 7.61. The lowest BCUT2D eigenvalue weighted by Gasteiger charge is -2.27. The third-order valence-electron chi connectivity index (χ3n) is 3.94. The second kappa shape index (κ2) is 5.90. The van der Waals surface area contributed by atoms with E-state index in [-0.39, 0.29) is 23.9 Å². The molecule has 116 valence electrons. The Balaban J connectivity index is 2.15. The second-order valence-electron chi connectivity index (χ2n) is 6.85. The van der Waals surface area contributed by atoms with Crippen molar-refractivity contribution in [2.24, 2.45) is 5.92 Å². The summed E-state index contributed by atoms with van der Waals surface area (Å²) in [7, 11) is 0. The molecular weight excluding hydrogens is 264 g/mol. The summed E-state index contributed by atoms with van der Waals surface area (Å²) in [4.78, 5) is 12.0. The number of carbonyl (C=O) groups is 1. The van der Waals surface area contributed by atoms with Crippen LogP contribution in [0.4, 0.5) is 0 Å². The quantitative estimate of drug-likeness (QED) is 0.735. The van der Waals surface area contributed by atoms with Gasteiger partial charge in [0.15, 0.2) is 11.6 Å². The van der Waals surface area contributed by atoms with Crippen LogP contribution >= 0.6 is 0 Å². The van der Waals surface area contributed by atoms with Gasteiger partial charge in [-0.15, -0.1) is 0 Å². The number of carbonyl (C=O) groups excluding carboxylic acids is 1. The van der Waals surface area contributed by atoms with E-state index in [1.54, 1.807) is 6.08 Å². The van der Waals surface area contributed by atoms with E-state index < -0.39 is 5.79 Å². The molecule has 2 rings (SSSR count). The first-order valence-corrected chi connectivity index (χ1v) is 7.61. The van der Waals surface area contributed by atoms with Crippen LogP contribution in [0.1, 0.15) is 48.0 Å². The first-order chi connectivity index (χ1) is 9.69. The van der Waals surface area contributed by atoms with E-state index in [1.165, 1.54) is 5.57 Å². The summed E-state index contributed by atoms with van der Waals surface area (Å²) in [6.45, 7) is 11.9. The van der Waals surface area contributed by atoms with Gasteiger partial charge in [0.05, 0.1) is 0 Å². The second-order valence-corrected chi connectivity index (χ2v) is 6.85. The smallest absolute Gasteiger partial charge is 0.164 e. The Morgan fingerprint density at radius 2 is 1.90 bits per heavy atom. The van der Waals surface area contributed by atoms with Crippen molar-refractivity contribution in [3.05, 3.63) is 34.9 Å². The van der Waals surface area contributed by atoms with Crippen LogP contribution in [-0.2, 0) is 14.3 Å². The Hall–Kier alpha value is -1.19. The molecule has 3 atom stereocenters. The number of ether oxygens (including phenoxy) is 2. The van der Waals surface area contributed by atoms with Crippen molar-refractivity contribution in [1.82, 2.24) is 0 Å². The first kappa shape index (κ1) is 16.2. The molecule has 0 amide bonds. The lowest BCUT2D eigenvalue weighted by Crippen LogP contribution is -2.31. The van der Waals surface area contributed by atoms with Crippen LogP contribution in [0.15, 0.2) is 34.9 Å². The van der Waals surface area contributed by atoms with E-state index in [9.17, 15) is 4.79 Å². The fourth-order valence-electron chi connectivity index (χ4n) is 3.00. The van der Waals surface area contributed by atoms with Crippen LogP contribution in [-0.4, -0.2) is 23.8 Å². The topological polar surface area (TPSA) is 35.5 Å². The van der Waals surface area contributed by atoms with Crippen LogP contribution in [0.5, 0.6) is 0 Å². The molecule has 2 aliphatic rings. The van der Waals surface area contributed by atoms with Gasteiger partial charge in [0.25, 0.3) is 0 Å². The summed E-state index contributed by atoms with van der Waals surface area (Å²) in [5.74, 6) is -0.246. The summed E-state index contributed by atoms with van der Waals surface area (Å²) < 4.78 is 12.0. The number of hydrogen-bond acceptors (Lipinski definition) is 3. The molecule has 1 fully saturated rings. The summed E-state index contributed by atoms with van der Waals surface area (Å²) in [6, 6.07) is 0.